The SMILES string of the molecule is CC(C)c1ccc(-c2nnn(Cc3ccc(Cl)cc3Cl)n2)cc1. The molecular formula is C17H16Cl2N4. The molecule has 3 rings (SSSR count). The summed E-state index contributed by atoms with van der Waals surface area (Å²) in [5.41, 5.74) is 3.13. The predicted molar refractivity (Wildman–Crippen MR) is 92.9 cm³/mol. The molecule has 0 saturated carbocycles. The van der Waals surface area contributed by atoms with Crippen LogP contribution in [-0.2, 0) is 6.54 Å². The van der Waals surface area contributed by atoms with Gasteiger partial charge in [-0.2, -0.15) is 4.80 Å². The molecule has 6 heteroatoms. The van der Waals surface area contributed by atoms with E-state index in [1.54, 1.807) is 12.1 Å². The summed E-state index contributed by atoms with van der Waals surface area (Å²) in [5.74, 6) is 1.10. The van der Waals surface area contributed by atoms with Gasteiger partial charge >= 0.3 is 0 Å². The number of aromatic nitrogens is 4. The van der Waals surface area contributed by atoms with Crippen molar-refractivity contribution >= 4 is 23.2 Å². The monoisotopic (exact) mass is 346 g/mol. The standard InChI is InChI=1S/C17H16Cl2N4/c1-11(2)12-3-5-13(6-4-12)17-20-22-23(21-17)10-14-7-8-15(18)9-16(14)19/h3-9,11H,10H2,1-2H3. The molecule has 0 saturated heterocycles. The Labute approximate surface area is 145 Å². The Morgan fingerprint density at radius 2 is 1.78 bits per heavy atom. The fourth-order valence-corrected chi connectivity index (χ4v) is 2.71. The molecule has 0 unspecified atom stereocenters. The highest BCUT2D eigenvalue weighted by molar-refractivity contribution is 6.35. The summed E-state index contributed by atoms with van der Waals surface area (Å²) < 4.78 is 0. The largest absolute Gasteiger partial charge is 0.204 e. The van der Waals surface area contributed by atoms with E-state index < -0.39 is 0 Å². The molecule has 0 aliphatic rings. The molecule has 0 aliphatic heterocycles. The van der Waals surface area contributed by atoms with Gasteiger partial charge in [0.2, 0.25) is 5.82 Å². The maximum absolute atomic E-state index is 6.18. The van der Waals surface area contributed by atoms with Gasteiger partial charge in [0.1, 0.15) is 0 Å². The molecule has 3 aromatic rings. The fraction of sp³-hybridized carbons (Fsp3) is 0.235. The molecule has 2 aromatic carbocycles. The smallest absolute Gasteiger partial charge is 0.159 e. The third-order valence-electron chi connectivity index (χ3n) is 3.62. The number of nitrogens with zero attached hydrogens (tertiary/aromatic N) is 4. The van der Waals surface area contributed by atoms with Gasteiger partial charge in [-0.3, -0.25) is 0 Å². The summed E-state index contributed by atoms with van der Waals surface area (Å²) in [4.78, 5) is 1.53. The molecule has 0 fully saturated rings. The second-order valence-corrected chi connectivity index (χ2v) is 6.50. The lowest BCUT2D eigenvalue weighted by Gasteiger charge is -2.05. The molecule has 0 radical (unpaired) electrons. The number of hydrogen-bond acceptors (Lipinski definition) is 3. The zero-order valence-corrected chi connectivity index (χ0v) is 14.4. The molecule has 4 nitrogen and oxygen atoms in total. The van der Waals surface area contributed by atoms with E-state index in [2.05, 4.69) is 41.4 Å². The summed E-state index contributed by atoms with van der Waals surface area (Å²) in [7, 11) is 0. The summed E-state index contributed by atoms with van der Waals surface area (Å²) >= 11 is 12.1. The van der Waals surface area contributed by atoms with Gasteiger partial charge in [0, 0.05) is 15.6 Å². The summed E-state index contributed by atoms with van der Waals surface area (Å²) in [6.07, 6.45) is 0. The Morgan fingerprint density at radius 3 is 2.43 bits per heavy atom. The van der Waals surface area contributed by atoms with Crippen LogP contribution < -0.4 is 0 Å². The van der Waals surface area contributed by atoms with Crippen LogP contribution in [0.4, 0.5) is 0 Å². The molecule has 0 spiro atoms. The Hall–Kier alpha value is -1.91. The Bertz CT molecular complexity index is 810. The van der Waals surface area contributed by atoms with Crippen molar-refractivity contribution in [1.29, 1.82) is 0 Å². The van der Waals surface area contributed by atoms with Gasteiger partial charge in [0.05, 0.1) is 6.54 Å². The second-order valence-electron chi connectivity index (χ2n) is 5.66. The molecule has 1 heterocycles. The van der Waals surface area contributed by atoms with Crippen molar-refractivity contribution in [2.24, 2.45) is 0 Å². The minimum atomic E-state index is 0.451. The molecule has 23 heavy (non-hydrogen) atoms. The average molecular weight is 347 g/mol. The summed E-state index contributed by atoms with van der Waals surface area (Å²) in [6.45, 7) is 4.78. The third-order valence-corrected chi connectivity index (χ3v) is 4.20. The van der Waals surface area contributed by atoms with Crippen LogP contribution in [0.3, 0.4) is 0 Å². The van der Waals surface area contributed by atoms with Crippen LogP contribution in [0.5, 0.6) is 0 Å². The predicted octanol–water partition coefficient (Wildman–Crippen LogP) is 4.82. The van der Waals surface area contributed by atoms with Crippen LogP contribution >= 0.6 is 23.2 Å². The van der Waals surface area contributed by atoms with Crippen LogP contribution in [0.1, 0.15) is 30.9 Å². The minimum Gasteiger partial charge on any atom is -0.159 e. The highest BCUT2D eigenvalue weighted by Gasteiger charge is 2.09. The second kappa shape index (κ2) is 6.69. The first-order valence-corrected chi connectivity index (χ1v) is 8.10. The Kier molecular flexibility index (Phi) is 4.64. The van der Waals surface area contributed by atoms with Crippen molar-refractivity contribution < 1.29 is 0 Å². The van der Waals surface area contributed by atoms with Crippen molar-refractivity contribution in [2.45, 2.75) is 26.3 Å². The number of halogens is 2. The van der Waals surface area contributed by atoms with Gasteiger partial charge < -0.3 is 0 Å². The minimum absolute atomic E-state index is 0.451. The highest BCUT2D eigenvalue weighted by atomic mass is 35.5. The van der Waals surface area contributed by atoms with Gasteiger partial charge in [0.25, 0.3) is 0 Å². The lowest BCUT2D eigenvalue weighted by atomic mass is 10.0. The van der Waals surface area contributed by atoms with Crippen LogP contribution in [-0.4, -0.2) is 20.2 Å². The number of rotatable bonds is 4. The highest BCUT2D eigenvalue weighted by Crippen LogP contribution is 2.22. The Balaban J connectivity index is 1.80. The van der Waals surface area contributed by atoms with Crippen molar-refractivity contribution in [2.75, 3.05) is 0 Å². The van der Waals surface area contributed by atoms with Crippen molar-refractivity contribution in [1.82, 2.24) is 20.2 Å². The van der Waals surface area contributed by atoms with Crippen LogP contribution in [0.2, 0.25) is 10.0 Å². The van der Waals surface area contributed by atoms with E-state index in [0.29, 0.717) is 28.3 Å². The maximum Gasteiger partial charge on any atom is 0.204 e. The summed E-state index contributed by atoms with van der Waals surface area (Å²) in [5, 5.41) is 13.8. The average Bonchev–Trinajstić information content (AvgIpc) is 2.99. The molecule has 0 aliphatic carbocycles. The first-order valence-electron chi connectivity index (χ1n) is 7.35. The van der Waals surface area contributed by atoms with E-state index in [-0.39, 0.29) is 0 Å². The molecule has 0 amide bonds. The van der Waals surface area contributed by atoms with E-state index in [1.807, 2.05) is 18.2 Å². The molecule has 0 bridgehead atoms. The van der Waals surface area contributed by atoms with Crippen LogP contribution in [0.15, 0.2) is 42.5 Å². The zero-order chi connectivity index (χ0) is 16.4. The molecule has 0 atom stereocenters. The van der Waals surface area contributed by atoms with E-state index in [9.17, 15) is 0 Å². The van der Waals surface area contributed by atoms with Gasteiger partial charge in [0.15, 0.2) is 0 Å². The summed E-state index contributed by atoms with van der Waals surface area (Å²) in [6, 6.07) is 13.6. The zero-order valence-electron chi connectivity index (χ0n) is 12.9. The number of hydrogen-bond donors (Lipinski definition) is 0. The van der Waals surface area contributed by atoms with Crippen molar-refractivity contribution in [3.63, 3.8) is 0 Å². The van der Waals surface area contributed by atoms with Gasteiger partial charge in [-0.15, -0.1) is 10.2 Å². The fourth-order valence-electron chi connectivity index (χ4n) is 2.25. The van der Waals surface area contributed by atoms with E-state index in [0.717, 1.165) is 11.1 Å². The van der Waals surface area contributed by atoms with E-state index in [1.165, 1.54) is 10.4 Å². The van der Waals surface area contributed by atoms with E-state index >= 15 is 0 Å². The van der Waals surface area contributed by atoms with Crippen molar-refractivity contribution in [3.05, 3.63) is 63.6 Å². The lowest BCUT2D eigenvalue weighted by molar-refractivity contribution is 0.573. The van der Waals surface area contributed by atoms with Crippen LogP contribution in [0.25, 0.3) is 11.4 Å². The molecule has 118 valence electrons. The van der Waals surface area contributed by atoms with Gasteiger partial charge in [-0.1, -0.05) is 67.4 Å². The van der Waals surface area contributed by atoms with Gasteiger partial charge in [-0.25, -0.2) is 0 Å². The number of benzene rings is 2. The third kappa shape index (κ3) is 3.71. The first-order chi connectivity index (χ1) is 11.0. The topological polar surface area (TPSA) is 43.6 Å². The lowest BCUT2D eigenvalue weighted by Crippen LogP contribution is -2.04. The Morgan fingerprint density at radius 1 is 1.04 bits per heavy atom. The number of tetrazole rings is 1. The van der Waals surface area contributed by atoms with E-state index in [4.69, 9.17) is 23.2 Å². The van der Waals surface area contributed by atoms with Crippen LogP contribution in [0, 0.1) is 0 Å². The maximum atomic E-state index is 6.18. The molecular weight excluding hydrogens is 331 g/mol. The normalized spacial score (nSPS) is 11.2. The quantitative estimate of drug-likeness (QED) is 0.680. The van der Waals surface area contributed by atoms with Crippen molar-refractivity contribution in [3.8, 4) is 11.4 Å². The first kappa shape index (κ1) is 16.0. The molecule has 1 aromatic heterocycles. The molecule has 0 N–H and O–H groups in total. The van der Waals surface area contributed by atoms with Gasteiger partial charge in [-0.05, 0) is 34.4 Å².